The minimum Gasteiger partial charge on any atom is -0.480 e. The van der Waals surface area contributed by atoms with Crippen LogP contribution in [0.1, 0.15) is 0 Å². The van der Waals surface area contributed by atoms with Gasteiger partial charge in [0.05, 0.1) is 6.54 Å². The Labute approximate surface area is 87.2 Å². The van der Waals surface area contributed by atoms with Gasteiger partial charge in [-0.2, -0.15) is 0 Å². The summed E-state index contributed by atoms with van der Waals surface area (Å²) in [6.07, 6.45) is 0. The molecule has 6 N–H and O–H groups in total. The number of hydrogen-bond donors (Lipinski definition) is 4. The van der Waals surface area contributed by atoms with Gasteiger partial charge in [0.2, 0.25) is 0 Å². The molecule has 0 aromatic carbocycles. The van der Waals surface area contributed by atoms with E-state index in [0.29, 0.717) is 0 Å². The number of aliphatic imine (C=N–C) groups is 1. The fourth-order valence-electron chi connectivity index (χ4n) is 0.429. The Balaban J connectivity index is 0. The van der Waals surface area contributed by atoms with Crippen LogP contribution in [-0.4, -0.2) is 60.2 Å². The number of guanidine groups is 1. The molecule has 0 spiro atoms. The Morgan fingerprint density at radius 1 is 1.20 bits per heavy atom. The molecule has 8 nitrogen and oxygen atoms in total. The van der Waals surface area contributed by atoms with Crippen LogP contribution in [0.25, 0.3) is 0 Å². The molecule has 0 aliphatic heterocycles. The molecule has 0 bridgehead atoms. The molecule has 0 heterocycles. The summed E-state index contributed by atoms with van der Waals surface area (Å²) in [6, 6.07) is 0. The number of hydrogen-bond acceptors (Lipinski definition) is 4. The molecule has 15 heavy (non-hydrogen) atoms. The van der Waals surface area contributed by atoms with E-state index < -0.39 is 11.9 Å². The van der Waals surface area contributed by atoms with Gasteiger partial charge in [0, 0.05) is 0 Å². The summed E-state index contributed by atoms with van der Waals surface area (Å²) in [5.41, 5.74) is 9.61. The number of likely N-dealkylation sites (N-methyl/N-ethyl adjacent to an activating group) is 1. The lowest BCUT2D eigenvalue weighted by Crippen LogP contribution is -2.24. The number of carboxylic acids is 2. The molecule has 88 valence electrons. The second-order valence-corrected chi connectivity index (χ2v) is 2.77. The average Bonchev–Trinajstić information content (AvgIpc) is 1.99. The number of carbonyl (C=O) groups is 2. The van der Waals surface area contributed by atoms with Crippen molar-refractivity contribution >= 4 is 17.9 Å². The molecule has 0 saturated carbocycles. The zero-order chi connectivity index (χ0) is 12.4. The van der Waals surface area contributed by atoms with E-state index in [2.05, 4.69) is 4.99 Å². The summed E-state index contributed by atoms with van der Waals surface area (Å²) in [5.74, 6) is -2.03. The van der Waals surface area contributed by atoms with E-state index in [9.17, 15) is 9.59 Å². The van der Waals surface area contributed by atoms with Crippen LogP contribution in [0.15, 0.2) is 4.99 Å². The van der Waals surface area contributed by atoms with E-state index in [-0.39, 0.29) is 19.0 Å². The summed E-state index contributed by atoms with van der Waals surface area (Å²) in [6.45, 7) is -0.248. The zero-order valence-electron chi connectivity index (χ0n) is 8.67. The Bertz CT molecular complexity index is 235. The van der Waals surface area contributed by atoms with Gasteiger partial charge in [-0.25, -0.2) is 4.99 Å². The summed E-state index contributed by atoms with van der Waals surface area (Å²) in [5, 5.41) is 16.0. The van der Waals surface area contributed by atoms with Gasteiger partial charge >= 0.3 is 11.9 Å². The lowest BCUT2D eigenvalue weighted by Gasteiger charge is -2.01. The highest BCUT2D eigenvalue weighted by Gasteiger charge is 1.94. The first-order chi connectivity index (χ1) is 6.75. The third-order valence-corrected chi connectivity index (χ3v) is 0.848. The van der Waals surface area contributed by atoms with Crippen molar-refractivity contribution in [1.82, 2.24) is 4.90 Å². The summed E-state index contributed by atoms with van der Waals surface area (Å²) in [4.78, 5) is 24.2. The van der Waals surface area contributed by atoms with E-state index >= 15 is 0 Å². The van der Waals surface area contributed by atoms with Gasteiger partial charge in [0.25, 0.3) is 0 Å². The smallest absolute Gasteiger partial charge is 0.325 e. The van der Waals surface area contributed by atoms with Crippen LogP contribution in [0.5, 0.6) is 0 Å². The molecule has 0 amide bonds. The average molecular weight is 220 g/mol. The van der Waals surface area contributed by atoms with E-state index in [1.807, 2.05) is 0 Å². The first kappa shape index (κ1) is 15.6. The molecule has 0 atom stereocenters. The third-order valence-electron chi connectivity index (χ3n) is 0.848. The van der Waals surface area contributed by atoms with Gasteiger partial charge < -0.3 is 21.7 Å². The van der Waals surface area contributed by atoms with Crippen LogP contribution >= 0.6 is 0 Å². The Morgan fingerprint density at radius 3 is 1.73 bits per heavy atom. The van der Waals surface area contributed by atoms with Crippen LogP contribution in [0.2, 0.25) is 0 Å². The van der Waals surface area contributed by atoms with Gasteiger partial charge in [-0.3, -0.25) is 14.5 Å². The number of nitrogens with two attached hydrogens (primary N) is 2. The predicted molar refractivity (Wildman–Crippen MR) is 54.5 cm³/mol. The molecule has 8 heteroatoms. The van der Waals surface area contributed by atoms with E-state index in [1.54, 1.807) is 19.0 Å². The van der Waals surface area contributed by atoms with Crippen molar-refractivity contribution in [2.24, 2.45) is 16.5 Å². The molecule has 0 unspecified atom stereocenters. The Morgan fingerprint density at radius 2 is 1.67 bits per heavy atom. The van der Waals surface area contributed by atoms with Crippen LogP contribution in [0.4, 0.5) is 0 Å². The second-order valence-electron chi connectivity index (χ2n) is 2.77. The number of carboxylic acid groups (broad SMARTS) is 2. The first-order valence-electron chi connectivity index (χ1n) is 3.89. The standard InChI is InChI=1S/C4H9NO2.C3H7N3O2/c1-5(2)3-4(6)7;4-3(5)6-1-2(7)8/h3H2,1-2H3,(H,6,7);1H2,(H,7,8)(H4,4,5,6). The fraction of sp³-hybridized carbons (Fsp3) is 0.571. The van der Waals surface area contributed by atoms with Gasteiger partial charge in [-0.15, -0.1) is 0 Å². The third kappa shape index (κ3) is 24.5. The van der Waals surface area contributed by atoms with Crippen molar-refractivity contribution in [3.8, 4) is 0 Å². The fourth-order valence-corrected chi connectivity index (χ4v) is 0.429. The number of rotatable bonds is 4. The molecule has 0 saturated heterocycles. The minimum absolute atomic E-state index is 0.111. The summed E-state index contributed by atoms with van der Waals surface area (Å²) in [7, 11) is 3.43. The highest BCUT2D eigenvalue weighted by molar-refractivity contribution is 5.79. The van der Waals surface area contributed by atoms with Crippen molar-refractivity contribution in [1.29, 1.82) is 0 Å². The zero-order valence-corrected chi connectivity index (χ0v) is 8.67. The quantitative estimate of drug-likeness (QED) is 0.316. The Hall–Kier alpha value is -1.83. The highest BCUT2D eigenvalue weighted by atomic mass is 16.4. The SMILES string of the molecule is CN(C)CC(=O)O.NC(N)=NCC(=O)O. The molecule has 0 aromatic rings. The van der Waals surface area contributed by atoms with Crippen LogP contribution in [0, 0.1) is 0 Å². The van der Waals surface area contributed by atoms with Gasteiger partial charge in [-0.05, 0) is 14.1 Å². The van der Waals surface area contributed by atoms with Crippen molar-refractivity contribution < 1.29 is 19.8 Å². The topological polar surface area (TPSA) is 142 Å². The molecule has 0 aliphatic carbocycles. The maximum Gasteiger partial charge on any atom is 0.325 e. The maximum atomic E-state index is 9.77. The van der Waals surface area contributed by atoms with Crippen LogP contribution < -0.4 is 11.5 Å². The molecule has 0 aromatic heterocycles. The largest absolute Gasteiger partial charge is 0.480 e. The normalized spacial score (nSPS) is 8.73. The lowest BCUT2D eigenvalue weighted by atomic mass is 10.6. The molecule has 0 radical (unpaired) electrons. The number of nitrogens with zero attached hydrogens (tertiary/aromatic N) is 2. The molecule has 0 rings (SSSR count). The maximum absolute atomic E-state index is 9.77. The van der Waals surface area contributed by atoms with Crippen molar-refractivity contribution in [2.45, 2.75) is 0 Å². The van der Waals surface area contributed by atoms with Crippen molar-refractivity contribution in [3.05, 3.63) is 0 Å². The van der Waals surface area contributed by atoms with E-state index in [0.717, 1.165) is 0 Å². The predicted octanol–water partition coefficient (Wildman–Crippen LogP) is -2.02. The number of aliphatic carboxylic acids is 2. The summed E-state index contributed by atoms with van der Waals surface area (Å²) < 4.78 is 0. The monoisotopic (exact) mass is 220 g/mol. The van der Waals surface area contributed by atoms with Gasteiger partial charge in [0.1, 0.15) is 6.54 Å². The van der Waals surface area contributed by atoms with E-state index in [4.69, 9.17) is 21.7 Å². The van der Waals surface area contributed by atoms with Gasteiger partial charge in [-0.1, -0.05) is 0 Å². The highest BCUT2D eigenvalue weighted by Crippen LogP contribution is 1.69. The first-order valence-corrected chi connectivity index (χ1v) is 3.89. The molecular weight excluding hydrogens is 204 g/mol. The van der Waals surface area contributed by atoms with Crippen molar-refractivity contribution in [2.75, 3.05) is 27.2 Å². The van der Waals surface area contributed by atoms with Gasteiger partial charge in [0.15, 0.2) is 5.96 Å². The van der Waals surface area contributed by atoms with Crippen LogP contribution in [-0.2, 0) is 9.59 Å². The molecular formula is C7H16N4O4. The summed E-state index contributed by atoms with van der Waals surface area (Å²) >= 11 is 0. The van der Waals surface area contributed by atoms with Crippen LogP contribution in [0.3, 0.4) is 0 Å². The molecule has 0 aliphatic rings. The van der Waals surface area contributed by atoms with Crippen molar-refractivity contribution in [3.63, 3.8) is 0 Å². The second kappa shape index (κ2) is 8.75. The lowest BCUT2D eigenvalue weighted by molar-refractivity contribution is -0.138. The molecule has 0 fully saturated rings. The van der Waals surface area contributed by atoms with E-state index in [1.165, 1.54) is 0 Å². The Kier molecular flexibility index (Phi) is 9.12. The minimum atomic E-state index is -1.04.